The van der Waals surface area contributed by atoms with Crippen molar-refractivity contribution in [1.82, 2.24) is 10.4 Å². The number of aromatic nitrogens is 1. The number of rotatable bonds is 6. The van der Waals surface area contributed by atoms with Crippen LogP contribution < -0.4 is 14.9 Å². The van der Waals surface area contributed by atoms with Gasteiger partial charge in [-0.2, -0.15) is 5.10 Å². The lowest BCUT2D eigenvalue weighted by Crippen LogP contribution is -2.24. The molecule has 1 aromatic heterocycles. The summed E-state index contributed by atoms with van der Waals surface area (Å²) in [5.74, 6) is 0.982. The van der Waals surface area contributed by atoms with Gasteiger partial charge in [-0.15, -0.1) is 0 Å². The Hall–Kier alpha value is -3.12. The molecule has 0 fully saturated rings. The standard InChI is InChI=1S/C21H20ClN3O3/c1-13-4-5-18(8-14(13)2)28-12-20(26)25-23-11-16-9-15-10-17(27-3)6-7-19(15)24-21(16)22/h4-11H,12H2,1-3H3,(H,25,26)/b23-11-. The van der Waals surface area contributed by atoms with Gasteiger partial charge >= 0.3 is 0 Å². The average Bonchev–Trinajstić information content (AvgIpc) is 2.69. The van der Waals surface area contributed by atoms with E-state index in [9.17, 15) is 4.79 Å². The Kier molecular flexibility index (Phi) is 6.11. The molecule has 0 bridgehead atoms. The number of nitrogens with zero attached hydrogens (tertiary/aromatic N) is 2. The fourth-order valence-corrected chi connectivity index (χ4v) is 2.72. The molecule has 144 valence electrons. The maximum absolute atomic E-state index is 11.9. The van der Waals surface area contributed by atoms with Crippen molar-refractivity contribution in [2.24, 2.45) is 5.10 Å². The van der Waals surface area contributed by atoms with Crippen molar-refractivity contribution in [1.29, 1.82) is 0 Å². The van der Waals surface area contributed by atoms with Crippen LogP contribution in [-0.2, 0) is 4.79 Å². The number of hydrogen-bond acceptors (Lipinski definition) is 5. The van der Waals surface area contributed by atoms with Gasteiger partial charge in [-0.1, -0.05) is 17.7 Å². The summed E-state index contributed by atoms with van der Waals surface area (Å²) in [6.07, 6.45) is 1.45. The van der Waals surface area contributed by atoms with E-state index in [1.165, 1.54) is 11.8 Å². The highest BCUT2D eigenvalue weighted by Gasteiger charge is 2.06. The number of methoxy groups -OCH3 is 1. The minimum Gasteiger partial charge on any atom is -0.497 e. The molecule has 0 unspecified atom stereocenters. The van der Waals surface area contributed by atoms with Crippen LogP contribution in [-0.4, -0.2) is 30.8 Å². The van der Waals surface area contributed by atoms with Crippen LogP contribution in [0.5, 0.6) is 11.5 Å². The van der Waals surface area contributed by atoms with Crippen molar-refractivity contribution in [3.63, 3.8) is 0 Å². The molecular weight excluding hydrogens is 378 g/mol. The number of fused-ring (bicyclic) bond motifs is 1. The molecule has 0 radical (unpaired) electrons. The number of amides is 1. The van der Waals surface area contributed by atoms with Crippen LogP contribution in [0.1, 0.15) is 16.7 Å². The Balaban J connectivity index is 1.62. The van der Waals surface area contributed by atoms with Crippen LogP contribution in [0.15, 0.2) is 47.6 Å². The SMILES string of the molecule is COc1ccc2nc(Cl)c(/C=N\NC(=O)COc3ccc(C)c(C)c3)cc2c1. The van der Waals surface area contributed by atoms with Gasteiger partial charge in [-0.25, -0.2) is 10.4 Å². The molecule has 0 aliphatic rings. The largest absolute Gasteiger partial charge is 0.497 e. The third-order valence-electron chi connectivity index (χ3n) is 4.24. The quantitative estimate of drug-likeness (QED) is 0.387. The first-order valence-electron chi connectivity index (χ1n) is 8.62. The van der Waals surface area contributed by atoms with Crippen molar-refractivity contribution in [2.75, 3.05) is 13.7 Å². The van der Waals surface area contributed by atoms with Crippen molar-refractivity contribution < 1.29 is 14.3 Å². The zero-order valence-electron chi connectivity index (χ0n) is 15.8. The topological polar surface area (TPSA) is 72.8 Å². The Bertz CT molecular complexity index is 1050. The molecule has 3 rings (SSSR count). The first-order valence-corrected chi connectivity index (χ1v) is 9.00. The molecule has 0 spiro atoms. The number of pyridine rings is 1. The number of carbonyl (C=O) groups is 1. The molecule has 1 amide bonds. The van der Waals surface area contributed by atoms with Gasteiger partial charge in [0.25, 0.3) is 5.91 Å². The second-order valence-electron chi connectivity index (χ2n) is 6.25. The molecular formula is C21H20ClN3O3. The summed E-state index contributed by atoms with van der Waals surface area (Å²) in [5, 5.41) is 5.09. The molecule has 6 nitrogen and oxygen atoms in total. The van der Waals surface area contributed by atoms with E-state index in [1.807, 2.05) is 56.3 Å². The van der Waals surface area contributed by atoms with E-state index in [0.29, 0.717) is 16.5 Å². The van der Waals surface area contributed by atoms with Crippen LogP contribution in [0.25, 0.3) is 10.9 Å². The second kappa shape index (κ2) is 8.71. The lowest BCUT2D eigenvalue weighted by Gasteiger charge is -2.07. The number of carbonyl (C=O) groups excluding carboxylic acids is 1. The monoisotopic (exact) mass is 397 g/mol. The molecule has 0 aliphatic carbocycles. The Labute approximate surface area is 168 Å². The van der Waals surface area contributed by atoms with Crippen molar-refractivity contribution >= 4 is 34.6 Å². The fourth-order valence-electron chi connectivity index (χ4n) is 2.52. The normalized spacial score (nSPS) is 11.0. The average molecular weight is 398 g/mol. The van der Waals surface area contributed by atoms with E-state index >= 15 is 0 Å². The lowest BCUT2D eigenvalue weighted by atomic mass is 10.1. The molecule has 3 aromatic rings. The molecule has 1 heterocycles. The molecule has 2 aromatic carbocycles. The number of hydrazone groups is 1. The number of ether oxygens (including phenoxy) is 2. The molecule has 0 aliphatic heterocycles. The van der Waals surface area contributed by atoms with Crippen LogP contribution in [0.2, 0.25) is 5.15 Å². The summed E-state index contributed by atoms with van der Waals surface area (Å²) in [6.45, 7) is 3.87. The van der Waals surface area contributed by atoms with Gasteiger partial charge in [-0.05, 0) is 61.4 Å². The highest BCUT2D eigenvalue weighted by atomic mass is 35.5. The number of benzene rings is 2. The summed E-state index contributed by atoms with van der Waals surface area (Å²) in [5.41, 5.74) is 6.01. The van der Waals surface area contributed by atoms with Crippen molar-refractivity contribution in [3.05, 3.63) is 64.3 Å². The third-order valence-corrected chi connectivity index (χ3v) is 4.55. The molecule has 0 saturated carbocycles. The first-order chi connectivity index (χ1) is 13.5. The summed E-state index contributed by atoms with van der Waals surface area (Å²) in [6, 6.07) is 13.0. The second-order valence-corrected chi connectivity index (χ2v) is 6.61. The summed E-state index contributed by atoms with van der Waals surface area (Å²) >= 11 is 6.19. The van der Waals surface area contributed by atoms with Crippen LogP contribution >= 0.6 is 11.6 Å². The maximum atomic E-state index is 11.9. The summed E-state index contributed by atoms with van der Waals surface area (Å²) in [7, 11) is 1.60. The van der Waals surface area contributed by atoms with Crippen molar-refractivity contribution in [2.45, 2.75) is 13.8 Å². The molecule has 1 N–H and O–H groups in total. The van der Waals surface area contributed by atoms with Gasteiger partial charge in [0, 0.05) is 10.9 Å². The maximum Gasteiger partial charge on any atom is 0.277 e. The summed E-state index contributed by atoms with van der Waals surface area (Å²) < 4.78 is 10.7. The highest BCUT2D eigenvalue weighted by molar-refractivity contribution is 6.32. The van der Waals surface area contributed by atoms with E-state index < -0.39 is 0 Å². The zero-order valence-corrected chi connectivity index (χ0v) is 16.6. The smallest absolute Gasteiger partial charge is 0.277 e. The van der Waals surface area contributed by atoms with E-state index in [-0.39, 0.29) is 12.5 Å². The first kappa shape index (κ1) is 19.6. The Morgan fingerprint density at radius 1 is 1.14 bits per heavy atom. The molecule has 7 heteroatoms. The van der Waals surface area contributed by atoms with Gasteiger partial charge in [0.15, 0.2) is 6.61 Å². The van der Waals surface area contributed by atoms with Crippen LogP contribution in [0, 0.1) is 13.8 Å². The van der Waals surface area contributed by atoms with E-state index in [2.05, 4.69) is 15.5 Å². The van der Waals surface area contributed by atoms with Crippen LogP contribution in [0.4, 0.5) is 0 Å². The van der Waals surface area contributed by atoms with Crippen LogP contribution in [0.3, 0.4) is 0 Å². The van der Waals surface area contributed by atoms with Gasteiger partial charge in [0.05, 0.1) is 18.8 Å². The lowest BCUT2D eigenvalue weighted by molar-refractivity contribution is -0.123. The van der Waals surface area contributed by atoms with Crippen molar-refractivity contribution in [3.8, 4) is 11.5 Å². The van der Waals surface area contributed by atoms with Gasteiger partial charge in [-0.3, -0.25) is 4.79 Å². The van der Waals surface area contributed by atoms with Gasteiger partial charge in [0.1, 0.15) is 16.7 Å². The minimum atomic E-state index is -0.374. The summed E-state index contributed by atoms with van der Waals surface area (Å²) in [4.78, 5) is 16.2. The number of aryl methyl sites for hydroxylation is 2. The zero-order chi connectivity index (χ0) is 20.1. The van der Waals surface area contributed by atoms with Gasteiger partial charge < -0.3 is 9.47 Å². The Morgan fingerprint density at radius 2 is 1.93 bits per heavy atom. The molecule has 28 heavy (non-hydrogen) atoms. The molecule has 0 saturated heterocycles. The predicted octanol–water partition coefficient (Wildman–Crippen LogP) is 4.04. The van der Waals surface area contributed by atoms with E-state index in [1.54, 1.807) is 7.11 Å². The highest BCUT2D eigenvalue weighted by Crippen LogP contribution is 2.23. The van der Waals surface area contributed by atoms with E-state index in [0.717, 1.165) is 22.2 Å². The Morgan fingerprint density at radius 3 is 2.68 bits per heavy atom. The minimum absolute atomic E-state index is 0.138. The number of nitrogens with one attached hydrogen (secondary N) is 1. The molecule has 0 atom stereocenters. The fraction of sp³-hybridized carbons (Fsp3) is 0.190. The predicted molar refractivity (Wildman–Crippen MR) is 110 cm³/mol. The van der Waals surface area contributed by atoms with Gasteiger partial charge in [0.2, 0.25) is 0 Å². The number of halogens is 1. The third kappa shape index (κ3) is 4.78. The van der Waals surface area contributed by atoms with E-state index in [4.69, 9.17) is 21.1 Å². The number of hydrogen-bond donors (Lipinski definition) is 1.